The van der Waals surface area contributed by atoms with Crippen LogP contribution in [0.5, 0.6) is 0 Å². The van der Waals surface area contributed by atoms with Crippen LogP contribution in [-0.4, -0.2) is 48.6 Å². The molecule has 0 saturated carbocycles. The maximum absolute atomic E-state index is 11.2. The molecule has 2 N–H and O–H groups in total. The second-order valence-electron chi connectivity index (χ2n) is 5.46. The smallest absolute Gasteiger partial charge is 0.396 e. The Morgan fingerprint density at radius 3 is 1.77 bits per heavy atom. The van der Waals surface area contributed by atoms with Gasteiger partial charge in [-0.25, -0.2) is 19.8 Å². The van der Waals surface area contributed by atoms with Crippen LogP contribution >= 0.6 is 45.2 Å². The number of methoxy groups -OCH3 is 2. The van der Waals surface area contributed by atoms with Gasteiger partial charge in [0.05, 0.1) is 14.2 Å². The Labute approximate surface area is 207 Å². The van der Waals surface area contributed by atoms with Gasteiger partial charge in [0.2, 0.25) is 6.29 Å². The van der Waals surface area contributed by atoms with Gasteiger partial charge >= 0.3 is 11.9 Å². The normalized spacial score (nSPS) is 9.90. The van der Waals surface area contributed by atoms with Crippen LogP contribution < -0.4 is 5.48 Å². The van der Waals surface area contributed by atoms with Crippen LogP contribution in [-0.2, 0) is 36.9 Å². The van der Waals surface area contributed by atoms with E-state index in [1.54, 1.807) is 0 Å². The summed E-state index contributed by atoms with van der Waals surface area (Å²) in [5, 5.41) is 19.6. The molecule has 0 aliphatic heterocycles. The van der Waals surface area contributed by atoms with Gasteiger partial charge in [-0.3, -0.25) is 4.79 Å². The summed E-state index contributed by atoms with van der Waals surface area (Å²) in [5.74, 6) is -1.48. The summed E-state index contributed by atoms with van der Waals surface area (Å²) >= 11 is 4.42. The second-order valence-corrected chi connectivity index (χ2v) is 7.95. The lowest BCUT2D eigenvalue weighted by Crippen LogP contribution is -2.13. The number of carbonyl (C=O) groups excluding carboxylic acids is 3. The molecule has 31 heavy (non-hydrogen) atoms. The van der Waals surface area contributed by atoms with E-state index in [-0.39, 0.29) is 12.8 Å². The quantitative estimate of drug-likeness (QED) is 0.0711. The molecule has 0 aliphatic carbocycles. The van der Waals surface area contributed by atoms with Crippen molar-refractivity contribution in [1.29, 1.82) is 0 Å². The van der Waals surface area contributed by atoms with Crippen molar-refractivity contribution in [3.8, 4) is 0 Å². The Hall–Kier alpha value is -2.10. The highest BCUT2D eigenvalue weighted by atomic mass is 127. The van der Waals surface area contributed by atoms with E-state index in [0.29, 0.717) is 11.3 Å². The van der Waals surface area contributed by atoms with E-state index in [4.69, 9.17) is 5.21 Å². The maximum Gasteiger partial charge on any atom is 0.396 e. The number of benzene rings is 2. The largest absolute Gasteiger partial charge is 0.623 e. The number of esters is 2. The SMILES string of the molecule is COC(=O)/C=[N+](\[O-])Cc1ccc(I)cc1.COC(=O)C=O.ONCc1ccc(I)cc1. The molecule has 0 bridgehead atoms. The van der Waals surface area contributed by atoms with E-state index in [1.807, 2.05) is 48.5 Å². The van der Waals surface area contributed by atoms with E-state index in [2.05, 4.69) is 60.1 Å². The first kappa shape index (κ1) is 28.9. The molecule has 168 valence electrons. The molecule has 0 aliphatic rings. The van der Waals surface area contributed by atoms with Crippen molar-refractivity contribution < 1.29 is 33.8 Å². The summed E-state index contributed by atoms with van der Waals surface area (Å²) in [4.78, 5) is 29.6. The van der Waals surface area contributed by atoms with Crippen LogP contribution in [0.2, 0.25) is 0 Å². The zero-order valence-electron chi connectivity index (χ0n) is 16.8. The minimum absolute atomic E-state index is 0.111. The van der Waals surface area contributed by atoms with Crippen molar-refractivity contribution in [2.24, 2.45) is 0 Å². The number of halogens is 2. The van der Waals surface area contributed by atoms with Gasteiger partial charge in [0.15, 0.2) is 6.54 Å². The van der Waals surface area contributed by atoms with Gasteiger partial charge < -0.3 is 19.9 Å². The van der Waals surface area contributed by atoms with Crippen molar-refractivity contribution >= 4 is 69.6 Å². The van der Waals surface area contributed by atoms with Crippen molar-refractivity contribution in [3.63, 3.8) is 0 Å². The summed E-state index contributed by atoms with van der Waals surface area (Å²) in [5.41, 5.74) is 4.04. The molecular weight excluding hydrogens is 634 g/mol. The lowest BCUT2D eigenvalue weighted by molar-refractivity contribution is -0.469. The number of aldehydes is 1. The molecule has 2 aromatic carbocycles. The molecule has 0 fully saturated rings. The van der Waals surface area contributed by atoms with Crippen LogP contribution in [0.25, 0.3) is 0 Å². The van der Waals surface area contributed by atoms with Crippen LogP contribution in [0.3, 0.4) is 0 Å². The Bertz CT molecular complexity index is 842. The summed E-state index contributed by atoms with van der Waals surface area (Å²) in [6, 6.07) is 15.5. The van der Waals surface area contributed by atoms with Crippen molar-refractivity contribution in [3.05, 3.63) is 72.0 Å². The first-order valence-corrected chi connectivity index (χ1v) is 10.7. The minimum atomic E-state index is -0.838. The highest BCUT2D eigenvalue weighted by molar-refractivity contribution is 14.1. The molecule has 11 heteroatoms. The molecule has 0 spiro atoms. The predicted molar refractivity (Wildman–Crippen MR) is 130 cm³/mol. The third-order valence-corrected chi connectivity index (χ3v) is 4.63. The number of rotatable bonds is 6. The molecule has 2 rings (SSSR count). The zero-order chi connectivity index (χ0) is 23.6. The average Bonchev–Trinajstić information content (AvgIpc) is 2.77. The molecule has 0 radical (unpaired) electrons. The number of nitrogens with one attached hydrogen (secondary N) is 1. The Balaban J connectivity index is 0.000000484. The minimum Gasteiger partial charge on any atom is -0.623 e. The Morgan fingerprint density at radius 1 is 0.968 bits per heavy atom. The van der Waals surface area contributed by atoms with Crippen LogP contribution in [0.15, 0.2) is 48.5 Å². The molecule has 0 atom stereocenters. The fraction of sp³-hybridized carbons (Fsp3) is 0.200. The van der Waals surface area contributed by atoms with Crippen molar-refractivity contribution in [1.82, 2.24) is 5.48 Å². The summed E-state index contributed by atoms with van der Waals surface area (Å²) < 4.78 is 11.1. The topological polar surface area (TPSA) is 128 Å². The van der Waals surface area contributed by atoms with E-state index in [9.17, 15) is 19.6 Å². The van der Waals surface area contributed by atoms with Crippen LogP contribution in [0.4, 0.5) is 0 Å². The summed E-state index contributed by atoms with van der Waals surface area (Å²) in [6.07, 6.45) is 0.998. The van der Waals surface area contributed by atoms with Gasteiger partial charge in [-0.1, -0.05) is 24.3 Å². The molecule has 9 nitrogen and oxygen atoms in total. The van der Waals surface area contributed by atoms with E-state index in [0.717, 1.165) is 28.0 Å². The lowest BCUT2D eigenvalue weighted by Gasteiger charge is -2.03. The summed E-state index contributed by atoms with van der Waals surface area (Å²) in [6.45, 7) is 0.656. The number of carbonyl (C=O) groups is 3. The van der Waals surface area contributed by atoms with Crippen molar-refractivity contribution in [2.45, 2.75) is 13.1 Å². The monoisotopic (exact) mass is 656 g/mol. The molecule has 0 saturated heterocycles. The van der Waals surface area contributed by atoms with Crippen molar-refractivity contribution in [2.75, 3.05) is 14.2 Å². The van der Waals surface area contributed by atoms with E-state index < -0.39 is 11.9 Å². The maximum atomic E-state index is 11.2. The fourth-order valence-corrected chi connectivity index (χ4v) is 2.45. The lowest BCUT2D eigenvalue weighted by atomic mass is 10.2. The third kappa shape index (κ3) is 15.4. The number of hydrogen-bond donors (Lipinski definition) is 2. The molecule has 0 heterocycles. The highest BCUT2D eigenvalue weighted by Gasteiger charge is 2.03. The predicted octanol–water partition coefficient (Wildman–Crippen LogP) is 2.67. The van der Waals surface area contributed by atoms with Crippen LogP contribution in [0, 0.1) is 12.3 Å². The van der Waals surface area contributed by atoms with Gasteiger partial charge in [0, 0.05) is 19.2 Å². The third-order valence-electron chi connectivity index (χ3n) is 3.20. The standard InChI is InChI=1S/C10H10INO3.C7H8INO.C3H4O3/c1-15-10(13)7-12(14)6-8-2-4-9(11)5-3-8;8-7-3-1-6(2-4-7)5-9-10;1-6-3(5)2-4/h2-5,7H,6H2,1H3;1-4,9-10H,5H2;2H,1H3/b12-7-;;. The number of nitrogens with zero attached hydrogens (tertiary/aromatic N) is 1. The van der Waals surface area contributed by atoms with Gasteiger partial charge in [-0.15, -0.1) is 0 Å². The Kier molecular flexibility index (Phi) is 16.4. The van der Waals surface area contributed by atoms with Gasteiger partial charge in [0.25, 0.3) is 6.21 Å². The molecule has 0 aromatic heterocycles. The zero-order valence-corrected chi connectivity index (χ0v) is 21.1. The van der Waals surface area contributed by atoms with Crippen LogP contribution in [0.1, 0.15) is 11.1 Å². The molecule has 0 amide bonds. The van der Waals surface area contributed by atoms with E-state index >= 15 is 0 Å². The summed E-state index contributed by atoms with van der Waals surface area (Å²) in [7, 11) is 2.38. The first-order valence-electron chi connectivity index (χ1n) is 8.51. The first-order chi connectivity index (χ1) is 14.7. The number of ether oxygens (including phenoxy) is 2. The van der Waals surface area contributed by atoms with Gasteiger partial charge in [0.1, 0.15) is 0 Å². The Morgan fingerprint density at radius 2 is 1.42 bits per heavy atom. The molecular formula is C20H22I2N2O7. The number of hydroxylamine groups is 2. The molecule has 0 unspecified atom stereocenters. The average molecular weight is 656 g/mol. The van der Waals surface area contributed by atoms with E-state index in [1.165, 1.54) is 10.7 Å². The highest BCUT2D eigenvalue weighted by Crippen LogP contribution is 2.07. The number of hydrogen-bond acceptors (Lipinski definition) is 8. The van der Waals surface area contributed by atoms with Gasteiger partial charge in [-0.05, 0) is 75.0 Å². The fourth-order valence-electron chi connectivity index (χ4n) is 1.73. The molecule has 2 aromatic rings. The second kappa shape index (κ2) is 17.6. The van der Waals surface area contributed by atoms with Gasteiger partial charge in [-0.2, -0.15) is 0 Å².